The quantitative estimate of drug-likeness (QED) is 0.811. The summed E-state index contributed by atoms with van der Waals surface area (Å²) >= 11 is 0. The van der Waals surface area contributed by atoms with Crippen molar-refractivity contribution in [2.45, 2.75) is 26.8 Å². The molecular formula is C12H21N3O3. The van der Waals surface area contributed by atoms with Gasteiger partial charge in [-0.2, -0.15) is 0 Å². The van der Waals surface area contributed by atoms with Crippen LogP contribution in [0.1, 0.15) is 25.5 Å². The zero-order valence-electron chi connectivity index (χ0n) is 11.5. The normalized spacial score (nSPS) is 13.3. The van der Waals surface area contributed by atoms with Gasteiger partial charge in [-0.3, -0.25) is 14.3 Å². The number of hydrogen-bond acceptors (Lipinski definition) is 4. The molecule has 0 aliphatic carbocycles. The molecule has 0 spiro atoms. The van der Waals surface area contributed by atoms with E-state index in [2.05, 4.69) is 4.98 Å². The average Bonchev–Trinajstić information content (AvgIpc) is 2.24. The third-order valence-corrected chi connectivity index (χ3v) is 3.00. The van der Waals surface area contributed by atoms with Gasteiger partial charge in [-0.25, -0.2) is 4.79 Å². The maximum Gasteiger partial charge on any atom is 0.331 e. The molecule has 1 heterocycles. The molecule has 0 aliphatic heterocycles. The van der Waals surface area contributed by atoms with Crippen LogP contribution in [0.3, 0.4) is 0 Å². The largest absolute Gasteiger partial charge is 0.494 e. The van der Waals surface area contributed by atoms with Crippen LogP contribution < -0.4 is 11.2 Å². The Hall–Kier alpha value is -1.56. The molecule has 0 saturated heterocycles. The van der Waals surface area contributed by atoms with Crippen LogP contribution in [0.2, 0.25) is 0 Å². The molecule has 1 aromatic heterocycles. The highest BCUT2D eigenvalue weighted by Crippen LogP contribution is 2.22. The van der Waals surface area contributed by atoms with Gasteiger partial charge in [0.25, 0.3) is 5.56 Å². The van der Waals surface area contributed by atoms with Gasteiger partial charge in [0, 0.05) is 6.54 Å². The van der Waals surface area contributed by atoms with Crippen LogP contribution in [-0.2, 0) is 0 Å². The molecule has 102 valence electrons. The van der Waals surface area contributed by atoms with Gasteiger partial charge in [-0.15, -0.1) is 0 Å². The van der Waals surface area contributed by atoms with Crippen LogP contribution in [0.15, 0.2) is 9.59 Å². The van der Waals surface area contributed by atoms with Gasteiger partial charge in [0.15, 0.2) is 0 Å². The Kier molecular flexibility index (Phi) is 4.34. The first kappa shape index (κ1) is 14.5. The summed E-state index contributed by atoms with van der Waals surface area (Å²) in [6, 6.07) is -0.192. The lowest BCUT2D eigenvalue weighted by Gasteiger charge is -2.27. The van der Waals surface area contributed by atoms with Gasteiger partial charge < -0.3 is 10.0 Å². The number of rotatable bonds is 4. The van der Waals surface area contributed by atoms with E-state index in [0.29, 0.717) is 6.54 Å². The molecular weight excluding hydrogens is 234 g/mol. The zero-order valence-corrected chi connectivity index (χ0v) is 11.5. The van der Waals surface area contributed by atoms with E-state index in [-0.39, 0.29) is 23.4 Å². The molecule has 1 rings (SSSR count). The molecule has 1 aromatic rings. The lowest BCUT2D eigenvalue weighted by atomic mass is 10.0. The fourth-order valence-electron chi connectivity index (χ4n) is 1.90. The third-order valence-electron chi connectivity index (χ3n) is 3.00. The summed E-state index contributed by atoms with van der Waals surface area (Å²) in [5.41, 5.74) is -0.941. The summed E-state index contributed by atoms with van der Waals surface area (Å²) in [5.74, 6) is -0.0920. The molecule has 1 unspecified atom stereocenters. The molecule has 0 aliphatic rings. The maximum atomic E-state index is 11.9. The summed E-state index contributed by atoms with van der Waals surface area (Å²) in [5, 5.41) is 10.0. The van der Waals surface area contributed by atoms with Crippen molar-refractivity contribution in [3.63, 3.8) is 0 Å². The smallest absolute Gasteiger partial charge is 0.331 e. The predicted molar refractivity (Wildman–Crippen MR) is 70.2 cm³/mol. The first-order valence-corrected chi connectivity index (χ1v) is 5.94. The van der Waals surface area contributed by atoms with Gasteiger partial charge in [0.2, 0.25) is 5.88 Å². The fourth-order valence-corrected chi connectivity index (χ4v) is 1.90. The molecule has 2 N–H and O–H groups in total. The highest BCUT2D eigenvalue weighted by molar-refractivity contribution is 5.21. The molecule has 6 heteroatoms. The minimum absolute atomic E-state index is 0.154. The Morgan fingerprint density at radius 3 is 2.33 bits per heavy atom. The Bertz CT molecular complexity index is 528. The predicted octanol–water partition coefficient (Wildman–Crippen LogP) is 0.309. The molecule has 6 nitrogen and oxygen atoms in total. The second kappa shape index (κ2) is 5.39. The van der Waals surface area contributed by atoms with Crippen LogP contribution in [0, 0.1) is 12.8 Å². The van der Waals surface area contributed by atoms with Crippen molar-refractivity contribution >= 4 is 0 Å². The second-order valence-electron chi connectivity index (χ2n) is 5.15. The number of H-pyrrole nitrogens is 1. The van der Waals surface area contributed by atoms with Gasteiger partial charge in [-0.1, -0.05) is 13.8 Å². The monoisotopic (exact) mass is 255 g/mol. The summed E-state index contributed by atoms with van der Waals surface area (Å²) in [6.07, 6.45) is 0. The number of likely N-dealkylation sites (N-methyl/N-ethyl adjacent to an activating group) is 1. The van der Waals surface area contributed by atoms with Crippen LogP contribution in [0.5, 0.6) is 5.88 Å². The van der Waals surface area contributed by atoms with E-state index in [1.807, 2.05) is 32.8 Å². The zero-order chi connectivity index (χ0) is 14.0. The molecule has 0 aromatic carbocycles. The number of aromatic hydroxyl groups is 1. The number of nitrogens with one attached hydrogen (secondary N) is 1. The van der Waals surface area contributed by atoms with E-state index in [1.54, 1.807) is 0 Å². The van der Waals surface area contributed by atoms with E-state index in [0.717, 1.165) is 0 Å². The first-order valence-electron chi connectivity index (χ1n) is 5.94. The van der Waals surface area contributed by atoms with Gasteiger partial charge >= 0.3 is 5.69 Å². The van der Waals surface area contributed by atoms with E-state index < -0.39 is 11.2 Å². The van der Waals surface area contributed by atoms with Crippen LogP contribution in [0.25, 0.3) is 0 Å². The molecule has 0 bridgehead atoms. The molecule has 0 amide bonds. The van der Waals surface area contributed by atoms with Crippen LogP contribution in [-0.4, -0.2) is 40.2 Å². The second-order valence-corrected chi connectivity index (χ2v) is 5.15. The minimum atomic E-state index is -0.566. The standard InChI is InChI=1S/C12H21N3O3/c1-7(2)9(6-14(4)5)15-11(17)8(3)10(16)13-12(15)18/h7,9,17H,6H2,1-5H3,(H,13,16,18). The van der Waals surface area contributed by atoms with Crippen molar-refractivity contribution in [2.75, 3.05) is 20.6 Å². The maximum absolute atomic E-state index is 11.9. The van der Waals surface area contributed by atoms with Crippen molar-refractivity contribution in [1.29, 1.82) is 0 Å². The van der Waals surface area contributed by atoms with Crippen molar-refractivity contribution in [3.8, 4) is 5.88 Å². The van der Waals surface area contributed by atoms with E-state index >= 15 is 0 Å². The summed E-state index contributed by atoms with van der Waals surface area (Å²) < 4.78 is 1.27. The van der Waals surface area contributed by atoms with Gasteiger partial charge in [0.05, 0.1) is 11.6 Å². The SMILES string of the molecule is Cc1c(O)n(C(CN(C)C)C(C)C)c(=O)[nH]c1=O. The Balaban J connectivity index is 3.42. The Morgan fingerprint density at radius 1 is 1.33 bits per heavy atom. The first-order chi connectivity index (χ1) is 8.25. The lowest BCUT2D eigenvalue weighted by molar-refractivity contribution is 0.240. The summed E-state index contributed by atoms with van der Waals surface area (Å²) in [7, 11) is 3.80. The highest BCUT2D eigenvalue weighted by Gasteiger charge is 2.22. The van der Waals surface area contributed by atoms with E-state index in [4.69, 9.17) is 0 Å². The molecule has 0 fully saturated rings. The fraction of sp³-hybridized carbons (Fsp3) is 0.667. The molecule has 0 radical (unpaired) electrons. The molecule has 0 saturated carbocycles. The molecule has 18 heavy (non-hydrogen) atoms. The number of hydrogen-bond donors (Lipinski definition) is 2. The number of aromatic nitrogens is 2. The van der Waals surface area contributed by atoms with E-state index in [9.17, 15) is 14.7 Å². The van der Waals surface area contributed by atoms with Crippen molar-refractivity contribution < 1.29 is 5.11 Å². The minimum Gasteiger partial charge on any atom is -0.494 e. The van der Waals surface area contributed by atoms with Crippen LogP contribution in [0.4, 0.5) is 0 Å². The highest BCUT2D eigenvalue weighted by atomic mass is 16.3. The van der Waals surface area contributed by atoms with Gasteiger partial charge in [0.1, 0.15) is 0 Å². The van der Waals surface area contributed by atoms with Crippen LogP contribution >= 0.6 is 0 Å². The van der Waals surface area contributed by atoms with Crippen molar-refractivity contribution in [1.82, 2.24) is 14.5 Å². The van der Waals surface area contributed by atoms with Crippen molar-refractivity contribution in [2.24, 2.45) is 5.92 Å². The summed E-state index contributed by atoms with van der Waals surface area (Å²) in [6.45, 7) is 6.05. The molecule has 1 atom stereocenters. The Labute approximate surface area is 106 Å². The Morgan fingerprint density at radius 2 is 1.89 bits per heavy atom. The summed E-state index contributed by atoms with van der Waals surface area (Å²) in [4.78, 5) is 27.4. The van der Waals surface area contributed by atoms with Crippen molar-refractivity contribution in [3.05, 3.63) is 26.4 Å². The van der Waals surface area contributed by atoms with Gasteiger partial charge in [-0.05, 0) is 26.9 Å². The third kappa shape index (κ3) is 2.81. The number of nitrogens with zero attached hydrogens (tertiary/aromatic N) is 2. The average molecular weight is 255 g/mol. The topological polar surface area (TPSA) is 78.3 Å². The lowest BCUT2D eigenvalue weighted by Crippen LogP contribution is -2.39. The van der Waals surface area contributed by atoms with E-state index in [1.165, 1.54) is 11.5 Å². The number of aromatic amines is 1.